The van der Waals surface area contributed by atoms with Crippen molar-refractivity contribution in [2.75, 3.05) is 19.6 Å². The van der Waals surface area contributed by atoms with E-state index in [4.69, 9.17) is 0 Å². The molecule has 0 aliphatic heterocycles. The third-order valence-electron chi connectivity index (χ3n) is 3.68. The molecule has 1 aromatic heterocycles. The van der Waals surface area contributed by atoms with E-state index in [1.807, 2.05) is 20.8 Å². The number of aliphatic imine (C=N–C) groups is 1. The van der Waals surface area contributed by atoms with E-state index in [-0.39, 0.29) is 11.9 Å². The molecule has 1 amide bonds. The maximum Gasteiger partial charge on any atom is 0.221 e. The normalized spacial score (nSPS) is 12.8. The minimum Gasteiger partial charge on any atom is -0.357 e. The molecule has 0 bridgehead atoms. The molecule has 1 rings (SSSR count). The maximum absolute atomic E-state index is 11.8. The van der Waals surface area contributed by atoms with Gasteiger partial charge in [0.15, 0.2) is 5.96 Å². The predicted octanol–water partition coefficient (Wildman–Crippen LogP) is 2.16. The monoisotopic (exact) mass is 353 g/mol. The first kappa shape index (κ1) is 20.4. The van der Waals surface area contributed by atoms with E-state index in [0.717, 1.165) is 36.0 Å². The zero-order valence-corrected chi connectivity index (χ0v) is 16.3. The topological polar surface area (TPSA) is 78.4 Å². The van der Waals surface area contributed by atoms with Crippen molar-refractivity contribution in [3.63, 3.8) is 0 Å². The molecular weight excluding hydrogens is 322 g/mol. The summed E-state index contributed by atoms with van der Waals surface area (Å²) in [6, 6.07) is 0.226. The van der Waals surface area contributed by atoms with Gasteiger partial charge in [-0.3, -0.25) is 9.79 Å². The molecule has 1 heterocycles. The SMILES string of the molecule is CCNC(=NCCc1nc(C)c(C)s1)NCCC(=O)NC(C)CC. The van der Waals surface area contributed by atoms with E-state index >= 15 is 0 Å². The summed E-state index contributed by atoms with van der Waals surface area (Å²) in [7, 11) is 0. The Morgan fingerprint density at radius 1 is 1.29 bits per heavy atom. The molecule has 0 aromatic carbocycles. The molecule has 0 radical (unpaired) electrons. The van der Waals surface area contributed by atoms with Crippen molar-refractivity contribution in [1.82, 2.24) is 20.9 Å². The minimum absolute atomic E-state index is 0.0708. The van der Waals surface area contributed by atoms with Gasteiger partial charge in [-0.05, 0) is 34.1 Å². The number of amides is 1. The van der Waals surface area contributed by atoms with E-state index in [2.05, 4.69) is 39.8 Å². The highest BCUT2D eigenvalue weighted by Gasteiger charge is 2.06. The van der Waals surface area contributed by atoms with Gasteiger partial charge < -0.3 is 16.0 Å². The molecule has 3 N–H and O–H groups in total. The average Bonchev–Trinajstić information content (AvgIpc) is 2.85. The van der Waals surface area contributed by atoms with Crippen LogP contribution in [0, 0.1) is 13.8 Å². The van der Waals surface area contributed by atoms with Crippen LogP contribution in [0.15, 0.2) is 4.99 Å². The molecule has 24 heavy (non-hydrogen) atoms. The van der Waals surface area contributed by atoms with Gasteiger partial charge in [0.1, 0.15) is 0 Å². The van der Waals surface area contributed by atoms with Crippen LogP contribution in [-0.4, -0.2) is 42.5 Å². The first-order chi connectivity index (χ1) is 11.5. The second-order valence-electron chi connectivity index (χ2n) is 5.81. The zero-order valence-electron chi connectivity index (χ0n) is 15.5. The molecule has 0 aliphatic carbocycles. The van der Waals surface area contributed by atoms with Crippen molar-refractivity contribution in [2.24, 2.45) is 4.99 Å². The number of carbonyl (C=O) groups is 1. The summed E-state index contributed by atoms with van der Waals surface area (Å²) >= 11 is 1.73. The van der Waals surface area contributed by atoms with Gasteiger partial charge in [-0.2, -0.15) is 0 Å². The van der Waals surface area contributed by atoms with Crippen LogP contribution in [0.2, 0.25) is 0 Å². The van der Waals surface area contributed by atoms with Crippen molar-refractivity contribution >= 4 is 23.2 Å². The number of aryl methyl sites for hydroxylation is 2. The van der Waals surface area contributed by atoms with Gasteiger partial charge in [-0.1, -0.05) is 6.92 Å². The van der Waals surface area contributed by atoms with E-state index in [0.29, 0.717) is 19.5 Å². The number of thiazole rings is 1. The molecule has 0 aliphatic rings. The van der Waals surface area contributed by atoms with Crippen molar-refractivity contribution in [1.29, 1.82) is 0 Å². The zero-order chi connectivity index (χ0) is 17.9. The van der Waals surface area contributed by atoms with E-state index in [1.165, 1.54) is 4.88 Å². The molecule has 0 saturated carbocycles. The molecule has 0 spiro atoms. The molecule has 7 heteroatoms. The lowest BCUT2D eigenvalue weighted by molar-refractivity contribution is -0.121. The number of aromatic nitrogens is 1. The van der Waals surface area contributed by atoms with Crippen molar-refractivity contribution in [2.45, 2.75) is 59.9 Å². The lowest BCUT2D eigenvalue weighted by Gasteiger charge is -2.13. The Labute approximate surface area is 149 Å². The number of guanidine groups is 1. The van der Waals surface area contributed by atoms with E-state index in [1.54, 1.807) is 11.3 Å². The Kier molecular flexibility index (Phi) is 9.37. The first-order valence-corrected chi connectivity index (χ1v) is 9.52. The predicted molar refractivity (Wildman–Crippen MR) is 102 cm³/mol. The highest BCUT2D eigenvalue weighted by molar-refractivity contribution is 7.11. The highest BCUT2D eigenvalue weighted by atomic mass is 32.1. The second kappa shape index (κ2) is 11.0. The second-order valence-corrected chi connectivity index (χ2v) is 7.10. The molecule has 136 valence electrons. The first-order valence-electron chi connectivity index (χ1n) is 8.70. The van der Waals surface area contributed by atoms with Crippen LogP contribution in [0.4, 0.5) is 0 Å². The third-order valence-corrected chi connectivity index (χ3v) is 4.81. The Morgan fingerprint density at radius 3 is 2.62 bits per heavy atom. The smallest absolute Gasteiger partial charge is 0.221 e. The van der Waals surface area contributed by atoms with Gasteiger partial charge in [0.2, 0.25) is 5.91 Å². The quantitative estimate of drug-likeness (QED) is 0.470. The molecule has 1 unspecified atom stereocenters. The Hall–Kier alpha value is -1.63. The molecule has 0 saturated heterocycles. The summed E-state index contributed by atoms with van der Waals surface area (Å²) < 4.78 is 0. The van der Waals surface area contributed by atoms with Crippen LogP contribution in [0.1, 0.15) is 49.2 Å². The summed E-state index contributed by atoms with van der Waals surface area (Å²) in [4.78, 5) is 22.1. The largest absolute Gasteiger partial charge is 0.357 e. The third kappa shape index (κ3) is 7.77. The van der Waals surface area contributed by atoms with Gasteiger partial charge in [0.05, 0.1) is 10.7 Å². The Morgan fingerprint density at radius 2 is 2.04 bits per heavy atom. The maximum atomic E-state index is 11.8. The summed E-state index contributed by atoms with van der Waals surface area (Å²) in [5, 5.41) is 10.5. The van der Waals surface area contributed by atoms with Gasteiger partial charge in [-0.25, -0.2) is 4.98 Å². The lowest BCUT2D eigenvalue weighted by atomic mass is 10.2. The van der Waals surface area contributed by atoms with Crippen LogP contribution in [0.3, 0.4) is 0 Å². The van der Waals surface area contributed by atoms with Crippen molar-refractivity contribution < 1.29 is 4.79 Å². The Balaban J connectivity index is 2.38. The fraction of sp³-hybridized carbons (Fsp3) is 0.706. The summed E-state index contributed by atoms with van der Waals surface area (Å²) in [5.41, 5.74) is 1.11. The van der Waals surface area contributed by atoms with Crippen LogP contribution in [-0.2, 0) is 11.2 Å². The summed E-state index contributed by atoms with van der Waals surface area (Å²) in [5.74, 6) is 0.820. The molecule has 6 nitrogen and oxygen atoms in total. The van der Waals surface area contributed by atoms with Gasteiger partial charge in [0, 0.05) is 43.4 Å². The average molecular weight is 354 g/mol. The van der Waals surface area contributed by atoms with Crippen molar-refractivity contribution in [3.8, 4) is 0 Å². The Bertz CT molecular complexity index is 522. The number of nitrogens with one attached hydrogen (secondary N) is 3. The number of hydrogen-bond donors (Lipinski definition) is 3. The molecular formula is C17H31N5OS. The fourth-order valence-corrected chi connectivity index (χ4v) is 2.92. The molecule has 0 fully saturated rings. The number of hydrogen-bond acceptors (Lipinski definition) is 4. The summed E-state index contributed by atoms with van der Waals surface area (Å²) in [6.07, 6.45) is 2.23. The standard InChI is InChI=1S/C17H31N5OS/c1-6-12(3)21-15(23)8-10-19-17(18-7-2)20-11-9-16-22-13(4)14(5)24-16/h12H,6-11H2,1-5H3,(H,21,23)(H2,18,19,20). The minimum atomic E-state index is 0.0708. The number of nitrogens with zero attached hydrogens (tertiary/aromatic N) is 2. The number of carbonyl (C=O) groups excluding carboxylic acids is 1. The molecule has 1 aromatic rings. The fourth-order valence-electron chi connectivity index (χ4n) is 1.99. The molecule has 1 atom stereocenters. The van der Waals surface area contributed by atoms with Crippen molar-refractivity contribution in [3.05, 3.63) is 15.6 Å². The van der Waals surface area contributed by atoms with Gasteiger partial charge in [0.25, 0.3) is 0 Å². The highest BCUT2D eigenvalue weighted by Crippen LogP contribution is 2.16. The van der Waals surface area contributed by atoms with Crippen LogP contribution < -0.4 is 16.0 Å². The van der Waals surface area contributed by atoms with Crippen LogP contribution in [0.5, 0.6) is 0 Å². The van der Waals surface area contributed by atoms with E-state index in [9.17, 15) is 4.79 Å². The number of rotatable bonds is 9. The van der Waals surface area contributed by atoms with Crippen LogP contribution >= 0.6 is 11.3 Å². The van der Waals surface area contributed by atoms with Gasteiger partial charge in [-0.15, -0.1) is 11.3 Å². The summed E-state index contributed by atoms with van der Waals surface area (Å²) in [6.45, 7) is 12.3. The van der Waals surface area contributed by atoms with Gasteiger partial charge >= 0.3 is 0 Å². The van der Waals surface area contributed by atoms with Crippen LogP contribution in [0.25, 0.3) is 0 Å². The van der Waals surface area contributed by atoms with E-state index < -0.39 is 0 Å². The lowest BCUT2D eigenvalue weighted by Crippen LogP contribution is -2.40.